The predicted molar refractivity (Wildman–Crippen MR) is 140 cm³/mol. The lowest BCUT2D eigenvalue weighted by atomic mass is 10.0. The molecule has 0 radical (unpaired) electrons. The molecule has 0 aliphatic heterocycles. The molecule has 1 aliphatic carbocycles. The van der Waals surface area contributed by atoms with Gasteiger partial charge >= 0.3 is 5.97 Å². The highest BCUT2D eigenvalue weighted by molar-refractivity contribution is 5.95. The molecule has 1 aromatic heterocycles. The van der Waals surface area contributed by atoms with Crippen molar-refractivity contribution >= 4 is 11.9 Å². The van der Waals surface area contributed by atoms with Gasteiger partial charge in [0.2, 0.25) is 0 Å². The number of rotatable bonds is 12. The summed E-state index contributed by atoms with van der Waals surface area (Å²) in [6.45, 7) is -1.74. The molecule has 0 spiro atoms. The normalized spacial score (nSPS) is 14.7. The molecule has 0 unspecified atom stereocenters. The largest absolute Gasteiger partial charge is 0.493 e. The summed E-state index contributed by atoms with van der Waals surface area (Å²) in [6, 6.07) is 17.8. The summed E-state index contributed by atoms with van der Waals surface area (Å²) >= 11 is 0. The van der Waals surface area contributed by atoms with Gasteiger partial charge in [-0.2, -0.15) is 0 Å². The number of amides is 1. The van der Waals surface area contributed by atoms with Crippen LogP contribution in [0.1, 0.15) is 70.0 Å². The standard InChI is InChI=1S/C30H34N2O4/c33-29(34)12-2-1-7-21-36-28-11-6-3-8-26(28)22-32(27-9-4-5-10-27)30(35)25-15-13-23(14-16-25)24-17-19-31-20-18-24/h3,6,8,11,13-20,27H,1-2,4-5,7,9-10,12,21-22H2,(H,33,34)/i22D2. The number of nitrogens with zero attached hydrogens (tertiary/aromatic N) is 2. The second-order valence-electron chi connectivity index (χ2n) is 9.09. The lowest BCUT2D eigenvalue weighted by molar-refractivity contribution is -0.137. The van der Waals surface area contributed by atoms with Gasteiger partial charge in [-0.15, -0.1) is 0 Å². The Labute approximate surface area is 215 Å². The second-order valence-corrected chi connectivity index (χ2v) is 9.09. The Bertz CT molecular complexity index is 1210. The van der Waals surface area contributed by atoms with Crippen molar-refractivity contribution in [3.8, 4) is 16.9 Å². The Balaban J connectivity index is 1.55. The highest BCUT2D eigenvalue weighted by atomic mass is 16.5. The maximum absolute atomic E-state index is 13.9. The maximum atomic E-state index is 13.9. The zero-order valence-corrected chi connectivity index (χ0v) is 20.4. The van der Waals surface area contributed by atoms with E-state index in [4.69, 9.17) is 9.84 Å². The molecule has 0 saturated heterocycles. The van der Waals surface area contributed by atoms with E-state index in [0.29, 0.717) is 42.7 Å². The lowest BCUT2D eigenvalue weighted by Crippen LogP contribution is -2.38. The number of carboxylic acids is 1. The topological polar surface area (TPSA) is 79.7 Å². The first-order valence-electron chi connectivity index (χ1n) is 13.7. The first-order valence-corrected chi connectivity index (χ1v) is 12.7. The monoisotopic (exact) mass is 488 g/mol. The summed E-state index contributed by atoms with van der Waals surface area (Å²) in [5.74, 6) is -0.751. The molecule has 1 amide bonds. The van der Waals surface area contributed by atoms with Crippen molar-refractivity contribution in [3.05, 3.63) is 84.2 Å². The average molecular weight is 489 g/mol. The van der Waals surface area contributed by atoms with Gasteiger partial charge in [-0.1, -0.05) is 43.2 Å². The van der Waals surface area contributed by atoms with Gasteiger partial charge in [-0.05, 0) is 73.6 Å². The number of unbranched alkanes of at least 4 members (excludes halogenated alkanes) is 2. The van der Waals surface area contributed by atoms with E-state index >= 15 is 0 Å². The quantitative estimate of drug-likeness (QED) is 0.300. The van der Waals surface area contributed by atoms with Crippen LogP contribution in [0.2, 0.25) is 0 Å². The Hall–Kier alpha value is -3.67. The third-order valence-electron chi connectivity index (χ3n) is 6.47. The van der Waals surface area contributed by atoms with Crippen LogP contribution in [0.3, 0.4) is 0 Å². The Morgan fingerprint density at radius 3 is 2.36 bits per heavy atom. The molecule has 1 N–H and O–H groups in total. The first kappa shape index (κ1) is 22.8. The van der Waals surface area contributed by atoms with Gasteiger partial charge in [-0.3, -0.25) is 14.6 Å². The van der Waals surface area contributed by atoms with Crippen LogP contribution >= 0.6 is 0 Å². The van der Waals surface area contributed by atoms with Crippen LogP contribution in [0.4, 0.5) is 0 Å². The molecule has 2 aromatic carbocycles. The molecule has 36 heavy (non-hydrogen) atoms. The van der Waals surface area contributed by atoms with E-state index in [1.807, 2.05) is 24.3 Å². The number of carboxylic acid groups (broad SMARTS) is 1. The van der Waals surface area contributed by atoms with Gasteiger partial charge in [0.15, 0.2) is 0 Å². The summed E-state index contributed by atoms with van der Waals surface area (Å²) in [6.07, 6.45) is 8.95. The van der Waals surface area contributed by atoms with Crippen LogP contribution in [0.15, 0.2) is 73.1 Å². The minimum Gasteiger partial charge on any atom is -0.493 e. The molecule has 3 aromatic rings. The summed E-state index contributed by atoms with van der Waals surface area (Å²) in [5, 5.41) is 8.80. The van der Waals surface area contributed by atoms with Gasteiger partial charge < -0.3 is 14.7 Å². The number of aliphatic carboxylic acids is 1. The third kappa shape index (κ3) is 6.94. The Morgan fingerprint density at radius 1 is 0.944 bits per heavy atom. The second kappa shape index (κ2) is 12.9. The van der Waals surface area contributed by atoms with Crippen LogP contribution in [-0.2, 0) is 11.3 Å². The minimum atomic E-state index is -2.09. The minimum absolute atomic E-state index is 0.126. The molecule has 4 rings (SSSR count). The number of pyridine rings is 1. The lowest BCUT2D eigenvalue weighted by Gasteiger charge is -2.30. The fraction of sp³-hybridized carbons (Fsp3) is 0.367. The van der Waals surface area contributed by atoms with Crippen molar-refractivity contribution in [2.24, 2.45) is 0 Å². The van der Waals surface area contributed by atoms with Gasteiger partial charge in [0, 0.05) is 42.5 Å². The molecule has 1 saturated carbocycles. The smallest absolute Gasteiger partial charge is 0.303 e. The van der Waals surface area contributed by atoms with Crippen molar-refractivity contribution < 1.29 is 22.2 Å². The predicted octanol–water partition coefficient (Wildman–Crippen LogP) is 6.36. The van der Waals surface area contributed by atoms with Crippen molar-refractivity contribution in [1.29, 1.82) is 0 Å². The summed E-state index contributed by atoms with van der Waals surface area (Å²) in [4.78, 5) is 30.1. The number of para-hydroxylation sites is 1. The number of ether oxygens (including phenoxy) is 1. The van der Waals surface area contributed by atoms with Crippen LogP contribution in [0.5, 0.6) is 5.75 Å². The SMILES string of the molecule is [2H]C([2H])(c1ccccc1OCCCCCC(=O)O)N(C(=O)c1ccc(-c2ccncc2)cc1)C1CCCC1. The number of benzene rings is 2. The highest BCUT2D eigenvalue weighted by Crippen LogP contribution is 2.29. The van der Waals surface area contributed by atoms with Crippen LogP contribution in [0, 0.1) is 0 Å². The zero-order valence-electron chi connectivity index (χ0n) is 22.4. The molecule has 0 bridgehead atoms. The molecular formula is C30H34N2O4. The number of carbonyl (C=O) groups excluding carboxylic acids is 1. The van der Waals surface area contributed by atoms with E-state index < -0.39 is 12.5 Å². The van der Waals surface area contributed by atoms with E-state index in [9.17, 15) is 12.3 Å². The maximum Gasteiger partial charge on any atom is 0.303 e. The number of aromatic nitrogens is 1. The molecular weight excluding hydrogens is 452 g/mol. The Morgan fingerprint density at radius 2 is 1.64 bits per heavy atom. The van der Waals surface area contributed by atoms with Crippen molar-refractivity contribution in [1.82, 2.24) is 9.88 Å². The molecule has 1 heterocycles. The van der Waals surface area contributed by atoms with Crippen molar-refractivity contribution in [2.75, 3.05) is 6.61 Å². The third-order valence-corrected chi connectivity index (χ3v) is 6.47. The van der Waals surface area contributed by atoms with Crippen molar-refractivity contribution in [2.45, 2.75) is 63.9 Å². The number of carbonyl (C=O) groups is 2. The molecule has 188 valence electrons. The zero-order chi connectivity index (χ0) is 27.0. The van der Waals surface area contributed by atoms with E-state index in [2.05, 4.69) is 4.98 Å². The highest BCUT2D eigenvalue weighted by Gasteiger charge is 2.28. The first-order chi connectivity index (χ1) is 18.4. The molecule has 6 nitrogen and oxygen atoms in total. The van der Waals surface area contributed by atoms with Crippen LogP contribution in [0.25, 0.3) is 11.1 Å². The van der Waals surface area contributed by atoms with E-state index in [-0.39, 0.29) is 18.4 Å². The van der Waals surface area contributed by atoms with Crippen LogP contribution < -0.4 is 4.74 Å². The van der Waals surface area contributed by atoms with E-state index in [1.165, 1.54) is 4.90 Å². The Kier molecular flexibility index (Phi) is 8.14. The number of hydrogen-bond donors (Lipinski definition) is 1. The summed E-state index contributed by atoms with van der Waals surface area (Å²) < 4.78 is 24.4. The summed E-state index contributed by atoms with van der Waals surface area (Å²) in [7, 11) is 0. The van der Waals surface area contributed by atoms with Gasteiger partial charge in [0.05, 0.1) is 9.35 Å². The molecule has 0 atom stereocenters. The van der Waals surface area contributed by atoms with E-state index in [1.54, 1.807) is 48.8 Å². The average Bonchev–Trinajstić information content (AvgIpc) is 3.45. The molecule has 1 fully saturated rings. The van der Waals surface area contributed by atoms with Gasteiger partial charge in [-0.25, -0.2) is 0 Å². The molecule has 6 heteroatoms. The fourth-order valence-electron chi connectivity index (χ4n) is 4.51. The fourth-order valence-corrected chi connectivity index (χ4v) is 4.51. The van der Waals surface area contributed by atoms with Crippen molar-refractivity contribution in [3.63, 3.8) is 0 Å². The molecule has 1 aliphatic rings. The van der Waals surface area contributed by atoms with Gasteiger partial charge in [0.25, 0.3) is 5.91 Å². The summed E-state index contributed by atoms with van der Waals surface area (Å²) in [5.41, 5.74) is 2.71. The van der Waals surface area contributed by atoms with E-state index in [0.717, 1.165) is 36.8 Å². The van der Waals surface area contributed by atoms with Crippen LogP contribution in [-0.4, -0.2) is 39.5 Å². The van der Waals surface area contributed by atoms with Gasteiger partial charge in [0.1, 0.15) is 5.75 Å². The number of hydrogen-bond acceptors (Lipinski definition) is 4.